The van der Waals surface area contributed by atoms with Crippen LogP contribution in [0.3, 0.4) is 0 Å². The van der Waals surface area contributed by atoms with E-state index < -0.39 is 5.97 Å². The second-order valence-corrected chi connectivity index (χ2v) is 9.15. The molecule has 4 aliphatic carbocycles. The average molecular weight is 394 g/mol. The van der Waals surface area contributed by atoms with Crippen molar-refractivity contribution in [2.24, 2.45) is 17.8 Å². The zero-order chi connectivity index (χ0) is 20.0. The van der Waals surface area contributed by atoms with Gasteiger partial charge in [0.2, 0.25) is 0 Å². The van der Waals surface area contributed by atoms with Gasteiger partial charge in [-0.25, -0.2) is 4.79 Å². The molecule has 2 aromatic rings. The molecule has 1 N–H and O–H groups in total. The highest BCUT2D eigenvalue weighted by atomic mass is 16.5. The Kier molecular flexibility index (Phi) is 4.45. The summed E-state index contributed by atoms with van der Waals surface area (Å²) in [5.41, 5.74) is 1.41. The molecule has 0 aliphatic heterocycles. The van der Waals surface area contributed by atoms with Crippen molar-refractivity contribution in [2.45, 2.75) is 51.0 Å². The van der Waals surface area contributed by atoms with E-state index in [1.54, 1.807) is 6.92 Å². The van der Waals surface area contributed by atoms with Gasteiger partial charge in [0.25, 0.3) is 5.91 Å². The largest absolute Gasteiger partial charge is 0.452 e. The van der Waals surface area contributed by atoms with Gasteiger partial charge >= 0.3 is 5.97 Å². The number of aryl methyl sites for hydroxylation is 1. The SMILES string of the molecule is Cc1onc(-c2ccccc2)c1C(=O)OCC(=O)NC12CC3CC(CC(C3)C1)C2. The molecule has 4 fully saturated rings. The van der Waals surface area contributed by atoms with E-state index in [9.17, 15) is 9.59 Å². The minimum atomic E-state index is -0.580. The number of hydrogen-bond donors (Lipinski definition) is 1. The molecule has 6 rings (SSSR count). The summed E-state index contributed by atoms with van der Waals surface area (Å²) in [6.07, 6.45) is 7.17. The van der Waals surface area contributed by atoms with Crippen molar-refractivity contribution < 1.29 is 18.8 Å². The van der Waals surface area contributed by atoms with Gasteiger partial charge in [0.1, 0.15) is 17.0 Å². The first-order chi connectivity index (χ1) is 14.0. The fourth-order valence-electron chi connectivity index (χ4n) is 6.20. The Morgan fingerprint density at radius 3 is 2.34 bits per heavy atom. The van der Waals surface area contributed by atoms with Gasteiger partial charge in [0.05, 0.1) is 0 Å². The van der Waals surface area contributed by atoms with Gasteiger partial charge in [-0.2, -0.15) is 0 Å². The number of aromatic nitrogens is 1. The van der Waals surface area contributed by atoms with Gasteiger partial charge < -0.3 is 14.6 Å². The Morgan fingerprint density at radius 1 is 1.10 bits per heavy atom. The summed E-state index contributed by atoms with van der Waals surface area (Å²) in [4.78, 5) is 25.3. The molecule has 0 atom stereocenters. The molecular weight excluding hydrogens is 368 g/mol. The maximum Gasteiger partial charge on any atom is 0.344 e. The minimum Gasteiger partial charge on any atom is -0.452 e. The third-order valence-electron chi connectivity index (χ3n) is 6.89. The van der Waals surface area contributed by atoms with E-state index >= 15 is 0 Å². The van der Waals surface area contributed by atoms with Gasteiger partial charge in [-0.05, 0) is 63.2 Å². The molecule has 29 heavy (non-hydrogen) atoms. The minimum absolute atomic E-state index is 0.0828. The zero-order valence-electron chi connectivity index (χ0n) is 16.6. The van der Waals surface area contributed by atoms with Gasteiger partial charge in [-0.1, -0.05) is 35.5 Å². The Bertz CT molecular complexity index is 898. The molecule has 0 spiro atoms. The van der Waals surface area contributed by atoms with Crippen molar-refractivity contribution >= 4 is 11.9 Å². The Balaban J connectivity index is 1.24. The average Bonchev–Trinajstić information content (AvgIpc) is 3.07. The first-order valence-corrected chi connectivity index (χ1v) is 10.5. The van der Waals surface area contributed by atoms with Crippen LogP contribution in [0.5, 0.6) is 0 Å². The number of hydrogen-bond acceptors (Lipinski definition) is 5. The third-order valence-corrected chi connectivity index (χ3v) is 6.89. The fraction of sp³-hybridized carbons (Fsp3) is 0.522. The summed E-state index contributed by atoms with van der Waals surface area (Å²) in [5, 5.41) is 7.24. The van der Waals surface area contributed by atoms with E-state index in [1.165, 1.54) is 19.3 Å². The molecule has 6 nitrogen and oxygen atoms in total. The highest BCUT2D eigenvalue weighted by Gasteiger charge is 2.51. The first-order valence-electron chi connectivity index (χ1n) is 10.5. The molecule has 0 radical (unpaired) electrons. The van der Waals surface area contributed by atoms with Gasteiger partial charge in [-0.15, -0.1) is 0 Å². The van der Waals surface area contributed by atoms with Crippen LogP contribution in [0, 0.1) is 24.7 Å². The predicted molar refractivity (Wildman–Crippen MR) is 106 cm³/mol. The van der Waals surface area contributed by atoms with Crippen LogP contribution in [0.2, 0.25) is 0 Å². The lowest BCUT2D eigenvalue weighted by molar-refractivity contribution is -0.130. The number of benzene rings is 1. The second kappa shape index (κ2) is 7.01. The molecule has 1 amide bonds. The van der Waals surface area contributed by atoms with Crippen LogP contribution >= 0.6 is 0 Å². The highest BCUT2D eigenvalue weighted by Crippen LogP contribution is 2.55. The van der Waals surface area contributed by atoms with Crippen LogP contribution in [0.25, 0.3) is 11.3 Å². The monoisotopic (exact) mass is 394 g/mol. The van der Waals surface area contributed by atoms with E-state index in [0.717, 1.165) is 42.6 Å². The fourth-order valence-corrected chi connectivity index (χ4v) is 6.20. The highest BCUT2D eigenvalue weighted by molar-refractivity contribution is 5.98. The first kappa shape index (κ1) is 18.4. The lowest BCUT2D eigenvalue weighted by Crippen LogP contribution is -2.60. The van der Waals surface area contributed by atoms with Crippen molar-refractivity contribution in [3.8, 4) is 11.3 Å². The summed E-state index contributed by atoms with van der Waals surface area (Å²) >= 11 is 0. The van der Waals surface area contributed by atoms with E-state index in [4.69, 9.17) is 9.26 Å². The maximum absolute atomic E-state index is 12.7. The zero-order valence-corrected chi connectivity index (χ0v) is 16.6. The molecule has 6 heteroatoms. The topological polar surface area (TPSA) is 81.4 Å². The van der Waals surface area contributed by atoms with Crippen LogP contribution in [-0.4, -0.2) is 29.2 Å². The van der Waals surface area contributed by atoms with Crippen molar-refractivity contribution in [1.29, 1.82) is 0 Å². The van der Waals surface area contributed by atoms with E-state index in [1.807, 2.05) is 30.3 Å². The summed E-state index contributed by atoms with van der Waals surface area (Å²) in [6, 6.07) is 9.34. The number of ether oxygens (including phenoxy) is 1. The summed E-state index contributed by atoms with van der Waals surface area (Å²) < 4.78 is 10.6. The van der Waals surface area contributed by atoms with Crippen molar-refractivity contribution in [3.05, 3.63) is 41.7 Å². The number of carbonyl (C=O) groups is 2. The van der Waals surface area contributed by atoms with E-state index in [-0.39, 0.29) is 23.6 Å². The maximum atomic E-state index is 12.7. The molecule has 4 bridgehead atoms. The number of rotatable bonds is 5. The quantitative estimate of drug-likeness (QED) is 0.778. The second-order valence-electron chi connectivity index (χ2n) is 9.15. The van der Waals surface area contributed by atoms with Crippen LogP contribution < -0.4 is 5.32 Å². The summed E-state index contributed by atoms with van der Waals surface area (Å²) in [5.74, 6) is 1.83. The van der Waals surface area contributed by atoms with Crippen LogP contribution in [0.15, 0.2) is 34.9 Å². The number of esters is 1. The smallest absolute Gasteiger partial charge is 0.344 e. The lowest BCUT2D eigenvalue weighted by atomic mass is 9.53. The summed E-state index contributed by atoms with van der Waals surface area (Å²) in [6.45, 7) is 1.39. The normalized spacial score (nSPS) is 29.6. The molecule has 4 aliphatic rings. The Labute approximate surface area is 170 Å². The van der Waals surface area contributed by atoms with Crippen molar-refractivity contribution in [1.82, 2.24) is 10.5 Å². The van der Waals surface area contributed by atoms with Gasteiger partial charge in [0.15, 0.2) is 6.61 Å². The van der Waals surface area contributed by atoms with Crippen LogP contribution in [-0.2, 0) is 9.53 Å². The number of amides is 1. The van der Waals surface area contributed by atoms with Gasteiger partial charge in [-0.3, -0.25) is 4.79 Å². The standard InChI is InChI=1S/C23H26N2O4/c1-14-20(21(25-29-14)18-5-3-2-4-6-18)22(27)28-13-19(26)24-23-10-15-7-16(11-23)9-17(8-15)12-23/h2-6,15-17H,7-13H2,1H3,(H,24,26). The number of nitrogens with one attached hydrogen (secondary N) is 1. The van der Waals surface area contributed by atoms with Crippen molar-refractivity contribution in [2.75, 3.05) is 6.61 Å². The molecule has 1 aromatic carbocycles. The van der Waals surface area contributed by atoms with Gasteiger partial charge in [0, 0.05) is 11.1 Å². The molecule has 0 saturated heterocycles. The molecule has 1 aromatic heterocycles. The predicted octanol–water partition coefficient (Wildman–Crippen LogP) is 3.89. The Morgan fingerprint density at radius 2 is 1.72 bits per heavy atom. The lowest BCUT2D eigenvalue weighted by Gasteiger charge is -2.56. The molecule has 152 valence electrons. The number of nitrogens with zero attached hydrogens (tertiary/aromatic N) is 1. The van der Waals surface area contributed by atoms with Crippen molar-refractivity contribution in [3.63, 3.8) is 0 Å². The van der Waals surface area contributed by atoms with Crippen LogP contribution in [0.4, 0.5) is 0 Å². The molecule has 1 heterocycles. The number of carbonyl (C=O) groups excluding carboxylic acids is 2. The van der Waals surface area contributed by atoms with E-state index in [0.29, 0.717) is 11.5 Å². The Hall–Kier alpha value is -2.63. The molecular formula is C23H26N2O4. The van der Waals surface area contributed by atoms with Crippen LogP contribution in [0.1, 0.15) is 54.6 Å². The molecule has 0 unspecified atom stereocenters. The summed E-state index contributed by atoms with van der Waals surface area (Å²) in [7, 11) is 0. The third kappa shape index (κ3) is 3.45. The van der Waals surface area contributed by atoms with E-state index in [2.05, 4.69) is 10.5 Å². The molecule has 4 saturated carbocycles.